The van der Waals surface area contributed by atoms with E-state index in [1.807, 2.05) is 82.8 Å². The maximum atomic E-state index is 9.90. The smallest absolute Gasteiger partial charge is 0.194 e. The predicted octanol–water partition coefficient (Wildman–Crippen LogP) is 10.1. The van der Waals surface area contributed by atoms with Crippen LogP contribution in [0.15, 0.2) is 115 Å². The Kier molecular flexibility index (Phi) is 9.43. The minimum Gasteiger partial charge on any atom is -0.378 e. The van der Waals surface area contributed by atoms with Gasteiger partial charge in [-0.05, 0) is 95.1 Å². The number of nitriles is 1. The van der Waals surface area contributed by atoms with E-state index >= 15 is 0 Å². The highest BCUT2D eigenvalue weighted by Crippen LogP contribution is 2.35. The van der Waals surface area contributed by atoms with Gasteiger partial charge in [-0.15, -0.1) is 0 Å². The van der Waals surface area contributed by atoms with Gasteiger partial charge in [-0.25, -0.2) is 4.85 Å². The van der Waals surface area contributed by atoms with Crippen LogP contribution in [0.2, 0.25) is 0 Å². The van der Waals surface area contributed by atoms with E-state index in [4.69, 9.17) is 6.57 Å². The summed E-state index contributed by atoms with van der Waals surface area (Å²) in [4.78, 5) is 10.1. The Morgan fingerprint density at radius 3 is 1.49 bits per heavy atom. The van der Waals surface area contributed by atoms with E-state index in [-0.39, 0.29) is 0 Å². The fraction of sp³-hybridized carbons (Fsp3) is 0.100. The lowest BCUT2D eigenvalue weighted by Gasteiger charge is -2.26. The number of hydrogen-bond acceptors (Lipinski definition) is 4. The van der Waals surface area contributed by atoms with E-state index in [1.165, 1.54) is 0 Å². The standard InChI is InChI=1S/C40H35N5/c1-42-40-28-32(17-11-30-13-19-35(20-14-30)43(2)3)34(29-41)27-33(40)18-12-31-15-21-38(22-16-31)45(37-9-7-6-8-10-37)39-25-23-36(24-26-39)44(4)5/h6-28H,2-5H3. The molecule has 5 aromatic carbocycles. The molecule has 0 radical (unpaired) electrons. The normalized spacial score (nSPS) is 10.9. The van der Waals surface area contributed by atoms with E-state index in [2.05, 4.69) is 98.4 Å². The van der Waals surface area contributed by atoms with Gasteiger partial charge in [-0.3, -0.25) is 0 Å². The first-order chi connectivity index (χ1) is 21.9. The first kappa shape index (κ1) is 30.4. The Morgan fingerprint density at radius 1 is 0.556 bits per heavy atom. The zero-order chi connectivity index (χ0) is 31.8. The molecule has 5 aromatic rings. The van der Waals surface area contributed by atoms with E-state index in [0.717, 1.165) is 45.1 Å². The van der Waals surface area contributed by atoms with Crippen molar-refractivity contribution in [2.24, 2.45) is 0 Å². The van der Waals surface area contributed by atoms with Crippen LogP contribution < -0.4 is 14.7 Å². The summed E-state index contributed by atoms with van der Waals surface area (Å²) >= 11 is 0. The number of hydrogen-bond donors (Lipinski definition) is 0. The van der Waals surface area contributed by atoms with Crippen LogP contribution in [-0.4, -0.2) is 28.2 Å². The maximum Gasteiger partial charge on any atom is 0.194 e. The first-order valence-electron chi connectivity index (χ1n) is 14.7. The van der Waals surface area contributed by atoms with Crippen LogP contribution in [-0.2, 0) is 0 Å². The molecular weight excluding hydrogens is 550 g/mol. The quantitative estimate of drug-likeness (QED) is 0.127. The fourth-order valence-corrected chi connectivity index (χ4v) is 5.00. The number of benzene rings is 5. The number of para-hydroxylation sites is 1. The van der Waals surface area contributed by atoms with Gasteiger partial charge < -0.3 is 14.7 Å². The highest BCUT2D eigenvalue weighted by molar-refractivity contribution is 5.84. The van der Waals surface area contributed by atoms with Crippen LogP contribution in [0.5, 0.6) is 0 Å². The second-order valence-corrected chi connectivity index (χ2v) is 11.0. The lowest BCUT2D eigenvalue weighted by Crippen LogP contribution is -2.11. The van der Waals surface area contributed by atoms with Crippen LogP contribution >= 0.6 is 0 Å². The minimum atomic E-state index is 0.501. The molecule has 0 spiro atoms. The summed E-state index contributed by atoms with van der Waals surface area (Å²) in [6, 6.07) is 41.2. The average Bonchev–Trinajstić information content (AvgIpc) is 3.07. The van der Waals surface area contributed by atoms with E-state index in [0.29, 0.717) is 16.8 Å². The molecule has 0 amide bonds. The van der Waals surface area contributed by atoms with Crippen molar-refractivity contribution < 1.29 is 0 Å². The van der Waals surface area contributed by atoms with E-state index in [9.17, 15) is 5.26 Å². The molecule has 0 aliphatic heterocycles. The lowest BCUT2D eigenvalue weighted by molar-refractivity contribution is 1.13. The molecule has 0 fully saturated rings. The molecule has 0 unspecified atom stereocenters. The molecule has 0 aliphatic carbocycles. The SMILES string of the molecule is [C-]#[N+]c1cc(C=Cc2ccc(N(C)C)cc2)c(C#N)cc1C=Cc1ccc(N(c2ccccc2)c2ccc(N(C)C)cc2)cc1. The topological polar surface area (TPSA) is 37.9 Å². The number of rotatable bonds is 9. The number of nitrogens with zero attached hydrogens (tertiary/aromatic N) is 5. The number of anilines is 5. The van der Waals surface area contributed by atoms with Crippen LogP contribution in [0.25, 0.3) is 29.1 Å². The summed E-state index contributed by atoms with van der Waals surface area (Å²) in [7, 11) is 8.09. The van der Waals surface area contributed by atoms with Crippen LogP contribution in [0.4, 0.5) is 34.1 Å². The summed E-state index contributed by atoms with van der Waals surface area (Å²) in [5, 5.41) is 9.90. The molecule has 5 nitrogen and oxygen atoms in total. The van der Waals surface area contributed by atoms with Gasteiger partial charge >= 0.3 is 0 Å². The largest absolute Gasteiger partial charge is 0.378 e. The van der Waals surface area contributed by atoms with E-state index < -0.39 is 0 Å². The molecule has 5 rings (SSSR count). The highest BCUT2D eigenvalue weighted by Gasteiger charge is 2.12. The average molecular weight is 586 g/mol. The third-order valence-electron chi connectivity index (χ3n) is 7.55. The Labute approximate surface area is 266 Å². The van der Waals surface area contributed by atoms with Crippen LogP contribution in [0, 0.1) is 17.9 Å². The highest BCUT2D eigenvalue weighted by atomic mass is 15.1. The molecule has 0 aliphatic rings. The molecule has 5 heteroatoms. The van der Waals surface area contributed by atoms with Gasteiger partial charge in [0.05, 0.1) is 18.2 Å². The Morgan fingerprint density at radius 2 is 1.00 bits per heavy atom. The summed E-state index contributed by atoms with van der Waals surface area (Å²) in [6.45, 7) is 7.80. The summed E-state index contributed by atoms with van der Waals surface area (Å²) in [6.07, 6.45) is 7.76. The van der Waals surface area contributed by atoms with Gasteiger partial charge in [0.1, 0.15) is 0 Å². The van der Waals surface area contributed by atoms with Crippen molar-refractivity contribution in [3.05, 3.63) is 154 Å². The molecule has 0 aromatic heterocycles. The van der Waals surface area contributed by atoms with Crippen molar-refractivity contribution in [1.29, 1.82) is 5.26 Å². The Bertz CT molecular complexity index is 1890. The monoisotopic (exact) mass is 585 g/mol. The van der Waals surface area contributed by atoms with Crippen LogP contribution in [0.1, 0.15) is 27.8 Å². The van der Waals surface area contributed by atoms with E-state index in [1.54, 1.807) is 12.1 Å². The molecule has 45 heavy (non-hydrogen) atoms. The zero-order valence-corrected chi connectivity index (χ0v) is 26.0. The molecule has 220 valence electrons. The third kappa shape index (κ3) is 7.31. The summed E-state index contributed by atoms with van der Waals surface area (Å²) in [5.41, 5.74) is 9.93. The molecule has 0 heterocycles. The molecule has 0 N–H and O–H groups in total. The molecule has 0 saturated carbocycles. The van der Waals surface area contributed by atoms with Gasteiger partial charge in [0.2, 0.25) is 0 Å². The molecule has 0 bridgehead atoms. The van der Waals surface area contributed by atoms with Gasteiger partial charge in [-0.1, -0.05) is 66.8 Å². The summed E-state index contributed by atoms with van der Waals surface area (Å²) < 4.78 is 0. The van der Waals surface area contributed by atoms with Crippen molar-refractivity contribution in [3.8, 4) is 6.07 Å². The zero-order valence-electron chi connectivity index (χ0n) is 26.0. The molecule has 0 atom stereocenters. The molecular formula is C40H35N5. The van der Waals surface area contributed by atoms with Crippen molar-refractivity contribution in [2.45, 2.75) is 0 Å². The summed E-state index contributed by atoms with van der Waals surface area (Å²) in [5.74, 6) is 0. The second-order valence-electron chi connectivity index (χ2n) is 11.0. The fourth-order valence-electron chi connectivity index (χ4n) is 5.00. The predicted molar refractivity (Wildman–Crippen MR) is 191 cm³/mol. The maximum absolute atomic E-state index is 9.90. The van der Waals surface area contributed by atoms with Gasteiger partial charge in [0, 0.05) is 56.6 Å². The van der Waals surface area contributed by atoms with Gasteiger partial charge in [0.15, 0.2) is 5.69 Å². The third-order valence-corrected chi connectivity index (χ3v) is 7.55. The van der Waals surface area contributed by atoms with Gasteiger partial charge in [0.25, 0.3) is 0 Å². The second kappa shape index (κ2) is 14.0. The minimum absolute atomic E-state index is 0.501. The lowest BCUT2D eigenvalue weighted by atomic mass is 10.0. The van der Waals surface area contributed by atoms with Crippen LogP contribution in [0.3, 0.4) is 0 Å². The van der Waals surface area contributed by atoms with Crippen molar-refractivity contribution in [3.63, 3.8) is 0 Å². The Balaban J connectivity index is 1.39. The van der Waals surface area contributed by atoms with Crippen molar-refractivity contribution in [1.82, 2.24) is 0 Å². The Hall–Kier alpha value is -6.04. The first-order valence-corrected chi connectivity index (χ1v) is 14.7. The molecule has 0 saturated heterocycles. The van der Waals surface area contributed by atoms with Crippen molar-refractivity contribution in [2.75, 3.05) is 42.9 Å². The van der Waals surface area contributed by atoms with Gasteiger partial charge in [-0.2, -0.15) is 5.26 Å². The van der Waals surface area contributed by atoms with Crippen molar-refractivity contribution >= 4 is 58.4 Å².